The third kappa shape index (κ3) is 2.63. The van der Waals surface area contributed by atoms with Crippen LogP contribution in [0, 0.1) is 0 Å². The van der Waals surface area contributed by atoms with Crippen LogP contribution >= 0.6 is 0 Å². The number of hydrogen-bond acceptors (Lipinski definition) is 3. The second kappa shape index (κ2) is 5.55. The molecule has 1 aliphatic rings. The topological polar surface area (TPSA) is 32.7 Å². The van der Waals surface area contributed by atoms with Crippen molar-refractivity contribution in [1.29, 1.82) is 0 Å². The molecule has 3 nitrogen and oxygen atoms in total. The van der Waals surface area contributed by atoms with Crippen molar-refractivity contribution < 1.29 is 9.84 Å². The molecular formula is C17H19NO2. The monoisotopic (exact) mass is 269 g/mol. The second-order valence-electron chi connectivity index (χ2n) is 5.23. The highest BCUT2D eigenvalue weighted by atomic mass is 16.5. The molecule has 104 valence electrons. The molecule has 3 rings (SSSR count). The Morgan fingerprint density at radius 2 is 2.00 bits per heavy atom. The van der Waals surface area contributed by atoms with Crippen LogP contribution in [-0.2, 0) is 19.5 Å². The van der Waals surface area contributed by atoms with Gasteiger partial charge >= 0.3 is 0 Å². The van der Waals surface area contributed by atoms with Gasteiger partial charge in [-0.2, -0.15) is 0 Å². The first-order chi connectivity index (χ1) is 9.76. The van der Waals surface area contributed by atoms with E-state index in [1.807, 2.05) is 30.3 Å². The number of nitrogens with zero attached hydrogens (tertiary/aromatic N) is 1. The summed E-state index contributed by atoms with van der Waals surface area (Å²) in [7, 11) is 1.72. The molecule has 2 aromatic rings. The Morgan fingerprint density at radius 1 is 1.15 bits per heavy atom. The largest absolute Gasteiger partial charge is 0.508 e. The average molecular weight is 269 g/mol. The van der Waals surface area contributed by atoms with E-state index in [2.05, 4.69) is 11.0 Å². The van der Waals surface area contributed by atoms with Gasteiger partial charge in [0, 0.05) is 25.2 Å². The number of hydrogen-bond donors (Lipinski definition) is 1. The van der Waals surface area contributed by atoms with Crippen LogP contribution in [0.1, 0.15) is 16.7 Å². The Labute approximate surface area is 119 Å². The van der Waals surface area contributed by atoms with Gasteiger partial charge in [-0.25, -0.2) is 0 Å². The zero-order chi connectivity index (χ0) is 13.9. The summed E-state index contributed by atoms with van der Waals surface area (Å²) in [6.07, 6.45) is 0.985. The molecule has 0 bridgehead atoms. The molecule has 0 amide bonds. The number of methoxy groups -OCH3 is 1. The number of ether oxygens (including phenoxy) is 1. The highest BCUT2D eigenvalue weighted by molar-refractivity contribution is 5.37. The van der Waals surface area contributed by atoms with E-state index in [-0.39, 0.29) is 0 Å². The van der Waals surface area contributed by atoms with Gasteiger partial charge in [-0.1, -0.05) is 24.3 Å². The number of aromatic hydroxyl groups is 1. The maximum atomic E-state index is 9.53. The number of fused-ring (bicyclic) bond motifs is 1. The van der Waals surface area contributed by atoms with Gasteiger partial charge in [-0.15, -0.1) is 0 Å². The van der Waals surface area contributed by atoms with Gasteiger partial charge in [0.05, 0.1) is 7.11 Å². The smallest absolute Gasteiger partial charge is 0.123 e. The lowest BCUT2D eigenvalue weighted by atomic mass is 9.99. The maximum absolute atomic E-state index is 9.53. The van der Waals surface area contributed by atoms with Crippen LogP contribution in [0.4, 0.5) is 0 Å². The Morgan fingerprint density at radius 3 is 2.85 bits per heavy atom. The summed E-state index contributed by atoms with van der Waals surface area (Å²) in [5.41, 5.74) is 3.79. The molecule has 1 aliphatic heterocycles. The lowest BCUT2D eigenvalue weighted by molar-refractivity contribution is 0.241. The highest BCUT2D eigenvalue weighted by Crippen LogP contribution is 2.26. The van der Waals surface area contributed by atoms with E-state index in [0.717, 1.165) is 31.8 Å². The predicted molar refractivity (Wildman–Crippen MR) is 78.9 cm³/mol. The fourth-order valence-electron chi connectivity index (χ4n) is 2.81. The van der Waals surface area contributed by atoms with Crippen molar-refractivity contribution in [2.45, 2.75) is 19.5 Å². The normalized spacial score (nSPS) is 14.8. The van der Waals surface area contributed by atoms with Crippen molar-refractivity contribution >= 4 is 0 Å². The van der Waals surface area contributed by atoms with E-state index >= 15 is 0 Å². The first-order valence-electron chi connectivity index (χ1n) is 6.91. The van der Waals surface area contributed by atoms with Crippen LogP contribution in [0.15, 0.2) is 42.5 Å². The van der Waals surface area contributed by atoms with Crippen LogP contribution in [-0.4, -0.2) is 23.7 Å². The molecule has 3 heteroatoms. The maximum Gasteiger partial charge on any atom is 0.123 e. The molecule has 2 aromatic carbocycles. The summed E-state index contributed by atoms with van der Waals surface area (Å²) in [5.74, 6) is 1.31. The molecule has 0 unspecified atom stereocenters. The second-order valence-corrected chi connectivity index (χ2v) is 5.23. The Bertz CT molecular complexity index is 610. The van der Waals surface area contributed by atoms with Crippen LogP contribution in [0.2, 0.25) is 0 Å². The zero-order valence-electron chi connectivity index (χ0n) is 11.7. The molecule has 0 fully saturated rings. The van der Waals surface area contributed by atoms with Gasteiger partial charge in [-0.3, -0.25) is 4.90 Å². The SMILES string of the molecule is COc1ccccc1CN1CCc2cc(O)ccc2C1. The molecular weight excluding hydrogens is 250 g/mol. The van der Waals surface area contributed by atoms with Crippen molar-refractivity contribution in [3.8, 4) is 11.5 Å². The number of rotatable bonds is 3. The van der Waals surface area contributed by atoms with E-state index < -0.39 is 0 Å². The Hall–Kier alpha value is -2.00. The molecule has 0 aromatic heterocycles. The van der Waals surface area contributed by atoms with Crippen LogP contribution < -0.4 is 4.74 Å². The fourth-order valence-corrected chi connectivity index (χ4v) is 2.81. The third-order valence-electron chi connectivity index (χ3n) is 3.87. The summed E-state index contributed by atoms with van der Waals surface area (Å²) in [4.78, 5) is 2.41. The van der Waals surface area contributed by atoms with Crippen molar-refractivity contribution in [3.05, 3.63) is 59.2 Å². The minimum absolute atomic E-state index is 0.363. The van der Waals surface area contributed by atoms with E-state index in [9.17, 15) is 5.11 Å². The van der Waals surface area contributed by atoms with E-state index in [1.54, 1.807) is 13.2 Å². The minimum atomic E-state index is 0.363. The molecule has 1 heterocycles. The molecule has 20 heavy (non-hydrogen) atoms. The number of phenols is 1. The standard InChI is InChI=1S/C17H19NO2/c1-20-17-5-3-2-4-15(17)12-18-9-8-13-10-16(19)7-6-14(13)11-18/h2-7,10,19H,8-9,11-12H2,1H3. The zero-order valence-corrected chi connectivity index (χ0v) is 11.7. The molecule has 0 saturated heterocycles. The lowest BCUT2D eigenvalue weighted by Gasteiger charge is -2.29. The van der Waals surface area contributed by atoms with Crippen LogP contribution in [0.3, 0.4) is 0 Å². The molecule has 0 aliphatic carbocycles. The summed E-state index contributed by atoms with van der Waals surface area (Å²) in [6.45, 7) is 2.83. The fraction of sp³-hybridized carbons (Fsp3) is 0.294. The van der Waals surface area contributed by atoms with Gasteiger partial charge in [0.25, 0.3) is 0 Å². The first-order valence-corrected chi connectivity index (χ1v) is 6.91. The van der Waals surface area contributed by atoms with Crippen LogP contribution in [0.25, 0.3) is 0 Å². The van der Waals surface area contributed by atoms with Gasteiger partial charge in [0.15, 0.2) is 0 Å². The average Bonchev–Trinajstić information content (AvgIpc) is 2.48. The predicted octanol–water partition coefficient (Wildman–Crippen LogP) is 2.96. The molecule has 0 spiro atoms. The first kappa shape index (κ1) is 13.0. The minimum Gasteiger partial charge on any atom is -0.508 e. The van der Waals surface area contributed by atoms with Crippen molar-refractivity contribution in [1.82, 2.24) is 4.90 Å². The van der Waals surface area contributed by atoms with Gasteiger partial charge in [0.2, 0.25) is 0 Å². The van der Waals surface area contributed by atoms with Crippen molar-refractivity contribution in [3.63, 3.8) is 0 Å². The van der Waals surface area contributed by atoms with E-state index in [1.165, 1.54) is 16.7 Å². The molecule has 0 atom stereocenters. The summed E-state index contributed by atoms with van der Waals surface area (Å²) < 4.78 is 5.41. The van der Waals surface area contributed by atoms with Gasteiger partial charge < -0.3 is 9.84 Å². The van der Waals surface area contributed by atoms with Crippen molar-refractivity contribution in [2.24, 2.45) is 0 Å². The van der Waals surface area contributed by atoms with E-state index in [0.29, 0.717) is 5.75 Å². The lowest BCUT2D eigenvalue weighted by Crippen LogP contribution is -2.30. The molecule has 0 radical (unpaired) electrons. The molecule has 1 N–H and O–H groups in total. The Kier molecular flexibility index (Phi) is 3.61. The summed E-state index contributed by atoms with van der Waals surface area (Å²) in [6, 6.07) is 13.8. The number of phenolic OH excluding ortho intramolecular Hbond substituents is 1. The van der Waals surface area contributed by atoms with Gasteiger partial charge in [0.1, 0.15) is 11.5 Å². The summed E-state index contributed by atoms with van der Waals surface area (Å²) in [5, 5.41) is 9.53. The Balaban J connectivity index is 1.76. The number of para-hydroxylation sites is 1. The van der Waals surface area contributed by atoms with Crippen molar-refractivity contribution in [2.75, 3.05) is 13.7 Å². The highest BCUT2D eigenvalue weighted by Gasteiger charge is 2.17. The van der Waals surface area contributed by atoms with Gasteiger partial charge in [-0.05, 0) is 35.7 Å². The van der Waals surface area contributed by atoms with Crippen LogP contribution in [0.5, 0.6) is 11.5 Å². The quantitative estimate of drug-likeness (QED) is 0.930. The molecule has 0 saturated carbocycles. The van der Waals surface area contributed by atoms with E-state index in [4.69, 9.17) is 4.74 Å². The third-order valence-corrected chi connectivity index (χ3v) is 3.87. The number of benzene rings is 2. The summed E-state index contributed by atoms with van der Waals surface area (Å²) >= 11 is 0.